The van der Waals surface area contributed by atoms with Crippen LogP contribution in [0.2, 0.25) is 5.15 Å². The number of hydrogen-bond donors (Lipinski definition) is 1. The molecule has 10 heteroatoms. The zero-order valence-corrected chi connectivity index (χ0v) is 11.7. The van der Waals surface area contributed by atoms with Crippen LogP contribution in [0.15, 0.2) is 17.8 Å². The number of fused-ring (bicyclic) bond motifs is 1. The van der Waals surface area contributed by atoms with Crippen LogP contribution in [0.4, 0.5) is 0 Å². The fourth-order valence-electron chi connectivity index (χ4n) is 2.28. The second-order valence-corrected chi connectivity index (χ2v) is 6.11. The Morgan fingerprint density at radius 1 is 1.55 bits per heavy atom. The molecule has 1 saturated heterocycles. The van der Waals surface area contributed by atoms with Crippen LogP contribution in [0.25, 0.3) is 21.6 Å². The average molecular weight is 312 g/mol. The second-order valence-electron chi connectivity index (χ2n) is 4.33. The van der Waals surface area contributed by atoms with Gasteiger partial charge in [0.15, 0.2) is 10.8 Å². The molecule has 8 nitrogen and oxygen atoms in total. The van der Waals surface area contributed by atoms with Crippen LogP contribution in [0.1, 0.15) is 11.8 Å². The zero-order chi connectivity index (χ0) is 14.1. The first-order chi connectivity index (χ1) is 9.74. The first-order valence-electron chi connectivity index (χ1n) is 5.88. The molecule has 104 valence electrons. The normalized spacial score (nSPS) is 25.8. The van der Waals surface area contributed by atoms with Crippen molar-refractivity contribution in [3.8, 4) is 0 Å². The Morgan fingerprint density at radius 3 is 3.15 bits per heavy atom. The molecule has 3 rings (SSSR count). The summed E-state index contributed by atoms with van der Waals surface area (Å²) >= 11 is 7.52. The van der Waals surface area contributed by atoms with Gasteiger partial charge in [0, 0.05) is 10.2 Å². The van der Waals surface area contributed by atoms with Crippen molar-refractivity contribution in [3.05, 3.63) is 28.3 Å². The number of aliphatic hydroxyl groups excluding tert-OH is 1. The molecule has 1 N–H and O–H groups in total. The highest BCUT2D eigenvalue weighted by Gasteiger charge is 2.36. The Labute approximate surface area is 122 Å². The second kappa shape index (κ2) is 5.45. The van der Waals surface area contributed by atoms with Crippen molar-refractivity contribution in [2.24, 2.45) is 5.11 Å². The van der Waals surface area contributed by atoms with Gasteiger partial charge in [-0.1, -0.05) is 16.7 Å². The van der Waals surface area contributed by atoms with Crippen molar-refractivity contribution in [2.45, 2.75) is 23.1 Å². The Morgan fingerprint density at radius 2 is 2.40 bits per heavy atom. The van der Waals surface area contributed by atoms with E-state index in [0.717, 1.165) is 0 Å². The number of azide groups is 1. The van der Waals surface area contributed by atoms with E-state index in [4.69, 9.17) is 17.1 Å². The van der Waals surface area contributed by atoms with E-state index in [9.17, 15) is 5.11 Å². The van der Waals surface area contributed by atoms with Crippen LogP contribution in [0.5, 0.6) is 0 Å². The molecule has 3 heterocycles. The van der Waals surface area contributed by atoms with Crippen molar-refractivity contribution in [1.82, 2.24) is 19.5 Å². The molecule has 0 bridgehead atoms. The lowest BCUT2D eigenvalue weighted by molar-refractivity contribution is 0.289. The van der Waals surface area contributed by atoms with Crippen molar-refractivity contribution < 1.29 is 5.11 Å². The number of imidazole rings is 1. The highest BCUT2D eigenvalue weighted by atomic mass is 35.5. The van der Waals surface area contributed by atoms with Gasteiger partial charge in [-0.05, 0) is 12.0 Å². The molecule has 0 spiro atoms. The Bertz CT molecular complexity index is 685. The number of thioether (sulfide) groups is 1. The van der Waals surface area contributed by atoms with E-state index in [-0.39, 0.29) is 28.4 Å². The Balaban J connectivity index is 2.05. The van der Waals surface area contributed by atoms with E-state index in [0.29, 0.717) is 17.6 Å². The van der Waals surface area contributed by atoms with E-state index >= 15 is 0 Å². The van der Waals surface area contributed by atoms with E-state index in [1.54, 1.807) is 18.1 Å². The number of nitrogens with zero attached hydrogens (tertiary/aromatic N) is 7. The van der Waals surface area contributed by atoms with Crippen LogP contribution in [0, 0.1) is 0 Å². The summed E-state index contributed by atoms with van der Waals surface area (Å²) in [6, 6.07) is -0.256. The largest absolute Gasteiger partial charge is 0.395 e. The molecule has 1 aliphatic rings. The smallest absolute Gasteiger partial charge is 0.165 e. The summed E-state index contributed by atoms with van der Waals surface area (Å²) in [5.41, 5.74) is 9.79. The van der Waals surface area contributed by atoms with Gasteiger partial charge in [-0.3, -0.25) is 0 Å². The fraction of sp³-hybridized carbons (Fsp3) is 0.500. The highest BCUT2D eigenvalue weighted by molar-refractivity contribution is 8.00. The molecule has 3 atom stereocenters. The standard InChI is InChI=1S/C10H10ClN7OS/c11-8-7-9(14-3-13-8)18(4-15-7)10-6(16-17-12)1-5(2-19)20-10/h3-6,10,19H,1-2H2/t5-,6?,10-/m0/s1. The van der Waals surface area contributed by atoms with Gasteiger partial charge in [0.2, 0.25) is 0 Å². The van der Waals surface area contributed by atoms with Crippen molar-refractivity contribution in [2.75, 3.05) is 6.61 Å². The maximum absolute atomic E-state index is 9.30. The summed E-state index contributed by atoms with van der Waals surface area (Å²) in [5.74, 6) is 0. The van der Waals surface area contributed by atoms with Gasteiger partial charge >= 0.3 is 0 Å². The van der Waals surface area contributed by atoms with Gasteiger partial charge < -0.3 is 9.67 Å². The number of aliphatic hydroxyl groups is 1. The third kappa shape index (κ3) is 2.18. The van der Waals surface area contributed by atoms with E-state index in [1.165, 1.54) is 6.33 Å². The third-order valence-electron chi connectivity index (χ3n) is 3.16. The topological polar surface area (TPSA) is 113 Å². The van der Waals surface area contributed by atoms with Gasteiger partial charge in [-0.25, -0.2) is 15.0 Å². The zero-order valence-electron chi connectivity index (χ0n) is 10.2. The lowest BCUT2D eigenvalue weighted by Gasteiger charge is -2.16. The summed E-state index contributed by atoms with van der Waals surface area (Å²) < 4.78 is 1.82. The third-order valence-corrected chi connectivity index (χ3v) is 4.98. The first kappa shape index (κ1) is 13.4. The fourth-order valence-corrected chi connectivity index (χ4v) is 3.88. The Kier molecular flexibility index (Phi) is 3.66. The van der Waals surface area contributed by atoms with Gasteiger partial charge in [-0.2, -0.15) is 0 Å². The molecule has 1 unspecified atom stereocenters. The molecule has 0 aromatic carbocycles. The summed E-state index contributed by atoms with van der Waals surface area (Å²) in [7, 11) is 0. The minimum Gasteiger partial charge on any atom is -0.395 e. The molecular weight excluding hydrogens is 302 g/mol. The van der Waals surface area contributed by atoms with Gasteiger partial charge in [0.25, 0.3) is 0 Å². The lowest BCUT2D eigenvalue weighted by Crippen LogP contribution is -2.14. The van der Waals surface area contributed by atoms with Crippen LogP contribution < -0.4 is 0 Å². The van der Waals surface area contributed by atoms with E-state index in [1.807, 2.05) is 4.57 Å². The highest BCUT2D eigenvalue weighted by Crippen LogP contribution is 2.44. The summed E-state index contributed by atoms with van der Waals surface area (Å²) in [4.78, 5) is 15.2. The van der Waals surface area contributed by atoms with Crippen LogP contribution in [-0.2, 0) is 0 Å². The van der Waals surface area contributed by atoms with Crippen molar-refractivity contribution in [1.29, 1.82) is 0 Å². The minimum absolute atomic E-state index is 0.0326. The molecule has 0 amide bonds. The maximum Gasteiger partial charge on any atom is 0.165 e. The van der Waals surface area contributed by atoms with Gasteiger partial charge in [0.1, 0.15) is 11.8 Å². The summed E-state index contributed by atoms with van der Waals surface area (Å²) in [5, 5.41) is 13.3. The predicted octanol–water partition coefficient (Wildman–Crippen LogP) is 2.15. The first-order valence-corrected chi connectivity index (χ1v) is 7.20. The monoisotopic (exact) mass is 311 g/mol. The average Bonchev–Trinajstić information content (AvgIpc) is 3.03. The van der Waals surface area contributed by atoms with Crippen molar-refractivity contribution in [3.63, 3.8) is 0 Å². The lowest BCUT2D eigenvalue weighted by atomic mass is 10.2. The SMILES string of the molecule is [N-]=[N+]=NC1C[C@@H](CO)S[C@@H]1n1cnc2c(Cl)ncnc21. The van der Waals surface area contributed by atoms with Gasteiger partial charge in [0.05, 0.1) is 24.3 Å². The summed E-state index contributed by atoms with van der Waals surface area (Å²) in [6.45, 7) is 0.0426. The summed E-state index contributed by atoms with van der Waals surface area (Å²) in [6.07, 6.45) is 3.60. The van der Waals surface area contributed by atoms with Crippen molar-refractivity contribution >= 4 is 34.5 Å². The number of halogens is 1. The molecule has 1 fully saturated rings. The molecule has 2 aromatic heterocycles. The molecule has 20 heavy (non-hydrogen) atoms. The molecule has 0 aliphatic carbocycles. The van der Waals surface area contributed by atoms with E-state index < -0.39 is 0 Å². The molecule has 0 radical (unpaired) electrons. The maximum atomic E-state index is 9.30. The van der Waals surface area contributed by atoms with Crippen LogP contribution in [-0.4, -0.2) is 42.5 Å². The number of rotatable bonds is 3. The quantitative estimate of drug-likeness (QED) is 0.404. The van der Waals surface area contributed by atoms with Crippen LogP contribution >= 0.6 is 23.4 Å². The number of hydrogen-bond acceptors (Lipinski definition) is 6. The molecule has 0 saturated carbocycles. The molecule has 1 aliphatic heterocycles. The van der Waals surface area contributed by atoms with E-state index in [2.05, 4.69) is 25.0 Å². The molecular formula is C10H10ClN7OS. The number of aromatic nitrogens is 4. The van der Waals surface area contributed by atoms with Gasteiger partial charge in [-0.15, -0.1) is 11.8 Å². The predicted molar refractivity (Wildman–Crippen MR) is 75.4 cm³/mol. The minimum atomic E-state index is -0.256. The molecule has 2 aromatic rings. The Hall–Kier alpha value is -1.54. The van der Waals surface area contributed by atoms with Crippen LogP contribution in [0.3, 0.4) is 0 Å².